The number of rotatable bonds is 6. The van der Waals surface area contributed by atoms with Crippen molar-refractivity contribution in [1.82, 2.24) is 0 Å². The number of carbonyl (C=O) groups is 2. The summed E-state index contributed by atoms with van der Waals surface area (Å²) >= 11 is 0. The molecule has 1 aliphatic rings. The predicted octanol–water partition coefficient (Wildman–Crippen LogP) is 4.32. The monoisotopic (exact) mass is 367 g/mol. The van der Waals surface area contributed by atoms with Crippen LogP contribution in [0, 0.1) is 0 Å². The number of benzene rings is 2. The van der Waals surface area contributed by atoms with Crippen LogP contribution in [0.2, 0.25) is 0 Å². The van der Waals surface area contributed by atoms with Crippen molar-refractivity contribution < 1.29 is 19.1 Å². The number of carbonyl (C=O) groups excluding carboxylic acids is 2. The Morgan fingerprint density at radius 3 is 2.41 bits per heavy atom. The van der Waals surface area contributed by atoms with Gasteiger partial charge in [0.25, 0.3) is 0 Å². The molecule has 0 saturated heterocycles. The first-order valence-electron chi connectivity index (χ1n) is 9.33. The van der Waals surface area contributed by atoms with Gasteiger partial charge in [0.05, 0.1) is 19.1 Å². The Kier molecular flexibility index (Phi) is 5.79. The molecule has 5 heteroatoms. The van der Waals surface area contributed by atoms with E-state index in [0.717, 1.165) is 31.2 Å². The first-order chi connectivity index (χ1) is 13.1. The van der Waals surface area contributed by atoms with Crippen LogP contribution in [0.1, 0.15) is 48.5 Å². The lowest BCUT2D eigenvalue weighted by molar-refractivity contribution is -0.121. The van der Waals surface area contributed by atoms with Gasteiger partial charge in [-0.25, -0.2) is 4.79 Å². The standard InChI is InChI=1S/C22H25NO4/c1-3-27-20(24)18-15-17(11-12-19(18)26-2)23-21(25)22(13-7-8-14-22)16-9-5-4-6-10-16/h4-6,9-12,15H,3,7-8,13-14H2,1-2H3,(H,23,25). The topological polar surface area (TPSA) is 64.6 Å². The summed E-state index contributed by atoms with van der Waals surface area (Å²) in [6.45, 7) is 2.02. The number of methoxy groups -OCH3 is 1. The number of anilines is 1. The fourth-order valence-electron chi connectivity index (χ4n) is 3.79. The molecule has 0 atom stereocenters. The minimum absolute atomic E-state index is 0.0359. The van der Waals surface area contributed by atoms with Crippen molar-refractivity contribution >= 4 is 17.6 Å². The molecule has 0 heterocycles. The van der Waals surface area contributed by atoms with Crippen molar-refractivity contribution in [3.63, 3.8) is 0 Å². The smallest absolute Gasteiger partial charge is 0.341 e. The third-order valence-corrected chi connectivity index (χ3v) is 5.17. The maximum atomic E-state index is 13.2. The largest absolute Gasteiger partial charge is 0.496 e. The average molecular weight is 367 g/mol. The summed E-state index contributed by atoms with van der Waals surface area (Å²) in [4.78, 5) is 25.4. The highest BCUT2D eigenvalue weighted by atomic mass is 16.5. The molecule has 0 aromatic heterocycles. The predicted molar refractivity (Wildman–Crippen MR) is 104 cm³/mol. The van der Waals surface area contributed by atoms with Gasteiger partial charge in [-0.15, -0.1) is 0 Å². The number of hydrogen-bond donors (Lipinski definition) is 1. The summed E-state index contributed by atoms with van der Waals surface area (Å²) in [5.74, 6) is -0.0830. The van der Waals surface area contributed by atoms with Gasteiger partial charge in [0.2, 0.25) is 5.91 Å². The van der Waals surface area contributed by atoms with Gasteiger partial charge >= 0.3 is 5.97 Å². The Labute approximate surface area is 159 Å². The van der Waals surface area contributed by atoms with E-state index < -0.39 is 11.4 Å². The number of ether oxygens (including phenoxy) is 2. The number of hydrogen-bond acceptors (Lipinski definition) is 4. The van der Waals surface area contributed by atoms with Crippen LogP contribution in [0.15, 0.2) is 48.5 Å². The van der Waals surface area contributed by atoms with Gasteiger partial charge in [0.1, 0.15) is 11.3 Å². The maximum absolute atomic E-state index is 13.2. The van der Waals surface area contributed by atoms with Gasteiger partial charge in [-0.05, 0) is 43.5 Å². The van der Waals surface area contributed by atoms with E-state index in [2.05, 4.69) is 5.32 Å². The molecule has 0 spiro atoms. The summed E-state index contributed by atoms with van der Waals surface area (Å²) in [7, 11) is 1.50. The van der Waals surface area contributed by atoms with E-state index in [4.69, 9.17) is 9.47 Å². The normalized spacial score (nSPS) is 15.2. The molecule has 0 aliphatic heterocycles. The molecule has 1 fully saturated rings. The average Bonchev–Trinajstić information content (AvgIpc) is 3.20. The highest BCUT2D eigenvalue weighted by Crippen LogP contribution is 2.42. The minimum atomic E-state index is -0.523. The summed E-state index contributed by atoms with van der Waals surface area (Å²) in [6, 6.07) is 15.0. The second-order valence-electron chi connectivity index (χ2n) is 6.74. The third-order valence-electron chi connectivity index (χ3n) is 5.17. The third kappa shape index (κ3) is 3.82. The molecule has 142 valence electrons. The molecule has 27 heavy (non-hydrogen) atoms. The molecule has 0 unspecified atom stereocenters. The van der Waals surface area contributed by atoms with Gasteiger partial charge in [0.15, 0.2) is 0 Å². The van der Waals surface area contributed by atoms with Gasteiger partial charge < -0.3 is 14.8 Å². The van der Waals surface area contributed by atoms with Crippen molar-refractivity contribution in [2.75, 3.05) is 19.0 Å². The van der Waals surface area contributed by atoms with Crippen molar-refractivity contribution in [3.8, 4) is 5.75 Å². The van der Waals surface area contributed by atoms with Crippen LogP contribution in [0.3, 0.4) is 0 Å². The molecule has 3 rings (SSSR count). The Morgan fingerprint density at radius 2 is 1.78 bits per heavy atom. The number of nitrogens with one attached hydrogen (secondary N) is 1. The lowest BCUT2D eigenvalue weighted by Gasteiger charge is -2.28. The van der Waals surface area contributed by atoms with Crippen molar-refractivity contribution in [2.24, 2.45) is 0 Å². The van der Waals surface area contributed by atoms with Crippen LogP contribution in [0.25, 0.3) is 0 Å². The van der Waals surface area contributed by atoms with E-state index in [9.17, 15) is 9.59 Å². The molecule has 2 aromatic rings. The van der Waals surface area contributed by atoms with Crippen molar-refractivity contribution in [1.29, 1.82) is 0 Å². The fraction of sp³-hybridized carbons (Fsp3) is 0.364. The van der Waals surface area contributed by atoms with Crippen LogP contribution in [0.5, 0.6) is 5.75 Å². The van der Waals surface area contributed by atoms with Gasteiger partial charge in [0, 0.05) is 5.69 Å². The zero-order chi connectivity index (χ0) is 19.3. The lowest BCUT2D eigenvalue weighted by Crippen LogP contribution is -2.38. The second-order valence-corrected chi connectivity index (χ2v) is 6.74. The molecular weight excluding hydrogens is 342 g/mol. The quantitative estimate of drug-likeness (QED) is 0.772. The van der Waals surface area contributed by atoms with Crippen LogP contribution in [0.4, 0.5) is 5.69 Å². The maximum Gasteiger partial charge on any atom is 0.341 e. The van der Waals surface area contributed by atoms with Crippen LogP contribution >= 0.6 is 0 Å². The van der Waals surface area contributed by atoms with E-state index in [-0.39, 0.29) is 12.5 Å². The zero-order valence-corrected chi connectivity index (χ0v) is 15.8. The van der Waals surface area contributed by atoms with Gasteiger partial charge in [-0.2, -0.15) is 0 Å². The SMILES string of the molecule is CCOC(=O)c1cc(NC(=O)C2(c3ccccc3)CCCC2)ccc1OC. The fourth-order valence-corrected chi connectivity index (χ4v) is 3.79. The van der Waals surface area contributed by atoms with E-state index in [1.54, 1.807) is 25.1 Å². The van der Waals surface area contributed by atoms with Gasteiger partial charge in [-0.3, -0.25) is 4.79 Å². The molecule has 2 aromatic carbocycles. The number of amides is 1. The molecule has 5 nitrogen and oxygen atoms in total. The zero-order valence-electron chi connectivity index (χ0n) is 15.8. The van der Waals surface area contributed by atoms with E-state index in [1.807, 2.05) is 30.3 Å². The summed E-state index contributed by atoms with van der Waals surface area (Å²) in [5, 5.41) is 3.01. The highest BCUT2D eigenvalue weighted by Gasteiger charge is 2.42. The molecule has 1 saturated carbocycles. The van der Waals surface area contributed by atoms with Crippen LogP contribution < -0.4 is 10.1 Å². The Hall–Kier alpha value is -2.82. The number of esters is 1. The summed E-state index contributed by atoms with van der Waals surface area (Å²) in [5.41, 5.74) is 1.38. The van der Waals surface area contributed by atoms with E-state index in [1.165, 1.54) is 7.11 Å². The Bertz CT molecular complexity index is 810. The Morgan fingerprint density at radius 1 is 1.07 bits per heavy atom. The molecule has 1 aliphatic carbocycles. The van der Waals surface area contributed by atoms with Crippen molar-refractivity contribution in [3.05, 3.63) is 59.7 Å². The van der Waals surface area contributed by atoms with Crippen molar-refractivity contribution in [2.45, 2.75) is 38.0 Å². The van der Waals surface area contributed by atoms with E-state index >= 15 is 0 Å². The summed E-state index contributed by atoms with van der Waals surface area (Å²) in [6.07, 6.45) is 3.70. The lowest BCUT2D eigenvalue weighted by atomic mass is 9.78. The van der Waals surface area contributed by atoms with Gasteiger partial charge in [-0.1, -0.05) is 43.2 Å². The molecule has 0 bridgehead atoms. The second kappa shape index (κ2) is 8.25. The Balaban J connectivity index is 1.88. The molecule has 1 N–H and O–H groups in total. The molecular formula is C22H25NO4. The van der Waals surface area contributed by atoms with E-state index in [0.29, 0.717) is 17.0 Å². The minimum Gasteiger partial charge on any atom is -0.496 e. The first kappa shape index (κ1) is 19.0. The van der Waals surface area contributed by atoms with Crippen LogP contribution in [-0.2, 0) is 14.9 Å². The first-order valence-corrected chi connectivity index (χ1v) is 9.33. The summed E-state index contributed by atoms with van der Waals surface area (Å²) < 4.78 is 10.3. The van der Waals surface area contributed by atoms with Crippen LogP contribution in [-0.4, -0.2) is 25.6 Å². The molecule has 0 radical (unpaired) electrons. The highest BCUT2D eigenvalue weighted by molar-refractivity contribution is 6.01. The molecule has 1 amide bonds.